The standard InChI is InChI=1S/C20H20BrN3O3/c21-17-5-2-1-4-16(17)20(27)23-13-18(25)22-12-14-7-9-15(10-8-14)24-11-3-6-19(24)26/h1-2,4-5,7-10H,3,6,11-13H2,(H,22,25)(H,23,27). The van der Waals surface area contributed by atoms with E-state index in [4.69, 9.17) is 0 Å². The molecule has 0 saturated carbocycles. The van der Waals surface area contributed by atoms with Crippen LogP contribution < -0.4 is 15.5 Å². The van der Waals surface area contributed by atoms with Gasteiger partial charge < -0.3 is 15.5 Å². The number of benzene rings is 2. The summed E-state index contributed by atoms with van der Waals surface area (Å²) >= 11 is 3.31. The van der Waals surface area contributed by atoms with Gasteiger partial charge in [0.25, 0.3) is 5.91 Å². The highest BCUT2D eigenvalue weighted by Crippen LogP contribution is 2.21. The fraction of sp³-hybridized carbons (Fsp3) is 0.250. The van der Waals surface area contributed by atoms with Crippen molar-refractivity contribution in [3.8, 4) is 0 Å². The molecule has 3 amide bonds. The van der Waals surface area contributed by atoms with Crippen LogP contribution in [0.15, 0.2) is 53.0 Å². The maximum absolute atomic E-state index is 12.1. The second-order valence-corrected chi connectivity index (χ2v) is 7.11. The topological polar surface area (TPSA) is 78.5 Å². The van der Waals surface area contributed by atoms with Crippen molar-refractivity contribution in [2.75, 3.05) is 18.0 Å². The Morgan fingerprint density at radius 2 is 1.78 bits per heavy atom. The van der Waals surface area contributed by atoms with Crippen LogP contribution >= 0.6 is 15.9 Å². The molecule has 27 heavy (non-hydrogen) atoms. The van der Waals surface area contributed by atoms with Crippen LogP contribution in [0.1, 0.15) is 28.8 Å². The van der Waals surface area contributed by atoms with Crippen LogP contribution in [0.5, 0.6) is 0 Å². The van der Waals surface area contributed by atoms with Gasteiger partial charge in [-0.1, -0.05) is 24.3 Å². The van der Waals surface area contributed by atoms with Crippen molar-refractivity contribution in [3.05, 3.63) is 64.1 Å². The Kier molecular flexibility index (Phi) is 6.24. The molecule has 1 fully saturated rings. The molecule has 140 valence electrons. The molecule has 0 aromatic heterocycles. The van der Waals surface area contributed by atoms with Crippen molar-refractivity contribution < 1.29 is 14.4 Å². The van der Waals surface area contributed by atoms with Crippen LogP contribution in [-0.4, -0.2) is 30.8 Å². The van der Waals surface area contributed by atoms with Gasteiger partial charge in [-0.2, -0.15) is 0 Å². The molecule has 0 aliphatic carbocycles. The molecular weight excluding hydrogens is 410 g/mol. The van der Waals surface area contributed by atoms with Gasteiger partial charge in [0.05, 0.1) is 12.1 Å². The highest BCUT2D eigenvalue weighted by Gasteiger charge is 2.21. The van der Waals surface area contributed by atoms with Gasteiger partial charge in [-0.15, -0.1) is 0 Å². The Morgan fingerprint density at radius 1 is 1.04 bits per heavy atom. The third kappa shape index (κ3) is 4.95. The zero-order valence-corrected chi connectivity index (χ0v) is 16.3. The van der Waals surface area contributed by atoms with Gasteiger partial charge in [-0.05, 0) is 52.2 Å². The average molecular weight is 430 g/mol. The lowest BCUT2D eigenvalue weighted by Gasteiger charge is -2.16. The summed E-state index contributed by atoms with van der Waals surface area (Å²) in [7, 11) is 0. The largest absolute Gasteiger partial charge is 0.350 e. The molecule has 0 unspecified atom stereocenters. The third-order valence-corrected chi connectivity index (χ3v) is 5.03. The minimum absolute atomic E-state index is 0.0967. The van der Waals surface area contributed by atoms with Crippen molar-refractivity contribution in [2.24, 2.45) is 0 Å². The van der Waals surface area contributed by atoms with E-state index < -0.39 is 0 Å². The number of nitrogens with zero attached hydrogens (tertiary/aromatic N) is 1. The zero-order valence-electron chi connectivity index (χ0n) is 14.7. The van der Waals surface area contributed by atoms with E-state index in [2.05, 4.69) is 26.6 Å². The fourth-order valence-corrected chi connectivity index (χ4v) is 3.34. The summed E-state index contributed by atoms with van der Waals surface area (Å²) in [5.41, 5.74) is 2.29. The van der Waals surface area contributed by atoms with Gasteiger partial charge in [-0.3, -0.25) is 14.4 Å². The van der Waals surface area contributed by atoms with Gasteiger partial charge in [0.2, 0.25) is 11.8 Å². The van der Waals surface area contributed by atoms with Crippen LogP contribution in [-0.2, 0) is 16.1 Å². The van der Waals surface area contributed by atoms with Gasteiger partial charge in [0.1, 0.15) is 0 Å². The first kappa shape index (κ1) is 19.1. The Bertz CT molecular complexity index is 852. The highest BCUT2D eigenvalue weighted by molar-refractivity contribution is 9.10. The van der Waals surface area contributed by atoms with E-state index in [9.17, 15) is 14.4 Å². The number of hydrogen-bond acceptors (Lipinski definition) is 3. The van der Waals surface area contributed by atoms with Crippen LogP contribution in [0, 0.1) is 0 Å². The van der Waals surface area contributed by atoms with Gasteiger partial charge >= 0.3 is 0 Å². The van der Waals surface area contributed by atoms with Crippen LogP contribution in [0.3, 0.4) is 0 Å². The van der Waals surface area contributed by atoms with E-state index in [1.165, 1.54) is 0 Å². The lowest BCUT2D eigenvalue weighted by atomic mass is 10.2. The van der Waals surface area contributed by atoms with Crippen molar-refractivity contribution in [3.63, 3.8) is 0 Å². The molecule has 0 radical (unpaired) electrons. The molecule has 0 bridgehead atoms. The lowest BCUT2D eigenvalue weighted by Crippen LogP contribution is -2.36. The highest BCUT2D eigenvalue weighted by atomic mass is 79.9. The molecule has 2 aromatic carbocycles. The van der Waals surface area contributed by atoms with E-state index in [0.29, 0.717) is 23.0 Å². The summed E-state index contributed by atoms with van der Waals surface area (Å²) in [6.07, 6.45) is 1.49. The van der Waals surface area contributed by atoms with E-state index in [-0.39, 0.29) is 24.3 Å². The second-order valence-electron chi connectivity index (χ2n) is 6.25. The molecule has 1 heterocycles. The number of amides is 3. The monoisotopic (exact) mass is 429 g/mol. The van der Waals surface area contributed by atoms with Crippen LogP contribution in [0.2, 0.25) is 0 Å². The van der Waals surface area contributed by atoms with Crippen molar-refractivity contribution in [1.29, 1.82) is 0 Å². The van der Waals surface area contributed by atoms with Crippen molar-refractivity contribution in [2.45, 2.75) is 19.4 Å². The lowest BCUT2D eigenvalue weighted by molar-refractivity contribution is -0.120. The number of anilines is 1. The molecule has 1 aliphatic rings. The number of rotatable bonds is 6. The third-order valence-electron chi connectivity index (χ3n) is 4.34. The number of nitrogens with one attached hydrogen (secondary N) is 2. The predicted octanol–water partition coefficient (Wildman–Crippen LogP) is 2.62. The fourth-order valence-electron chi connectivity index (χ4n) is 2.88. The van der Waals surface area contributed by atoms with Crippen molar-refractivity contribution >= 4 is 39.3 Å². The number of carbonyl (C=O) groups is 3. The first-order valence-electron chi connectivity index (χ1n) is 8.73. The molecular formula is C20H20BrN3O3. The number of carbonyl (C=O) groups excluding carboxylic acids is 3. The maximum Gasteiger partial charge on any atom is 0.252 e. The van der Waals surface area contributed by atoms with E-state index in [1.54, 1.807) is 23.1 Å². The molecule has 1 saturated heterocycles. The molecule has 1 aliphatic heterocycles. The molecule has 6 nitrogen and oxygen atoms in total. The molecule has 2 aromatic rings. The summed E-state index contributed by atoms with van der Waals surface area (Å²) in [4.78, 5) is 37.6. The summed E-state index contributed by atoms with van der Waals surface area (Å²) in [5.74, 6) is -0.427. The predicted molar refractivity (Wildman–Crippen MR) is 106 cm³/mol. The van der Waals surface area contributed by atoms with Crippen molar-refractivity contribution in [1.82, 2.24) is 10.6 Å². The normalized spacial score (nSPS) is 13.5. The van der Waals surface area contributed by atoms with Gasteiger partial charge in [0.15, 0.2) is 0 Å². The smallest absolute Gasteiger partial charge is 0.252 e. The summed E-state index contributed by atoms with van der Waals surface area (Å²) in [6, 6.07) is 14.6. The summed E-state index contributed by atoms with van der Waals surface area (Å²) in [6.45, 7) is 1.02. The number of halogens is 1. The first-order valence-corrected chi connectivity index (χ1v) is 9.52. The Hall–Kier alpha value is -2.67. The Balaban J connectivity index is 1.46. The quantitative estimate of drug-likeness (QED) is 0.740. The van der Waals surface area contributed by atoms with E-state index in [0.717, 1.165) is 24.2 Å². The van der Waals surface area contributed by atoms with Crippen LogP contribution in [0.25, 0.3) is 0 Å². The summed E-state index contributed by atoms with van der Waals surface area (Å²) < 4.78 is 0.680. The molecule has 3 rings (SSSR count). The Labute approximate surface area is 166 Å². The maximum atomic E-state index is 12.1. The van der Waals surface area contributed by atoms with E-state index >= 15 is 0 Å². The molecule has 0 spiro atoms. The Morgan fingerprint density at radius 3 is 2.44 bits per heavy atom. The van der Waals surface area contributed by atoms with Crippen LogP contribution in [0.4, 0.5) is 5.69 Å². The van der Waals surface area contributed by atoms with Gasteiger partial charge in [0, 0.05) is 29.7 Å². The SMILES string of the molecule is O=C(CNC(=O)c1ccccc1Br)NCc1ccc(N2CCCC2=O)cc1. The summed E-state index contributed by atoms with van der Waals surface area (Å²) in [5, 5.41) is 5.37. The minimum Gasteiger partial charge on any atom is -0.350 e. The average Bonchev–Trinajstić information content (AvgIpc) is 3.11. The van der Waals surface area contributed by atoms with Gasteiger partial charge in [-0.25, -0.2) is 0 Å². The second kappa shape index (κ2) is 8.81. The minimum atomic E-state index is -0.308. The first-order chi connectivity index (χ1) is 13.0. The molecule has 2 N–H and O–H groups in total. The van der Waals surface area contributed by atoms with E-state index in [1.807, 2.05) is 30.3 Å². The zero-order chi connectivity index (χ0) is 19.2. The molecule has 0 atom stereocenters. The number of hydrogen-bond donors (Lipinski definition) is 2. The molecule has 7 heteroatoms.